The molecule has 0 aliphatic heterocycles. The van der Waals surface area contributed by atoms with Crippen molar-refractivity contribution in [1.29, 1.82) is 0 Å². The molecule has 1 rings (SSSR count). The topological polar surface area (TPSA) is 47.6 Å². The highest BCUT2D eigenvalue weighted by Crippen LogP contribution is 2.27. The Labute approximate surface area is 106 Å². The average Bonchev–Trinajstić information content (AvgIpc) is 2.38. The number of benzene rings is 1. The molecule has 0 bridgehead atoms. The van der Waals surface area contributed by atoms with Crippen LogP contribution >= 0.6 is 11.6 Å². The lowest BCUT2D eigenvalue weighted by Crippen LogP contribution is -2.24. The zero-order valence-corrected chi connectivity index (χ0v) is 10.7. The number of carbonyl (C=O) groups excluding carboxylic acids is 1. The Morgan fingerprint density at radius 2 is 2.00 bits per heavy atom. The molecule has 0 aliphatic rings. The van der Waals surface area contributed by atoms with Gasteiger partial charge in [0.1, 0.15) is 0 Å². The summed E-state index contributed by atoms with van der Waals surface area (Å²) < 4.78 is 10.2. The van der Waals surface area contributed by atoms with Crippen molar-refractivity contribution in [2.24, 2.45) is 0 Å². The predicted molar refractivity (Wildman–Crippen MR) is 67.2 cm³/mol. The van der Waals surface area contributed by atoms with E-state index >= 15 is 0 Å². The van der Waals surface area contributed by atoms with E-state index < -0.39 is 0 Å². The number of hydrogen-bond donors (Lipinski definition) is 1. The largest absolute Gasteiger partial charge is 0.493 e. The van der Waals surface area contributed by atoms with Crippen LogP contribution in [0.1, 0.15) is 16.8 Å². The minimum Gasteiger partial charge on any atom is -0.493 e. The van der Waals surface area contributed by atoms with Gasteiger partial charge in [0, 0.05) is 18.0 Å². The average molecular weight is 258 g/mol. The summed E-state index contributed by atoms with van der Waals surface area (Å²) >= 11 is 5.53. The Morgan fingerprint density at radius 3 is 2.59 bits per heavy atom. The standard InChI is InChI=1S/C12H16ClNO3/c1-16-10-5-4-9(8-11(10)17-2)12(15)14-7-3-6-13/h4-5,8H,3,6-7H2,1-2H3,(H,14,15). The maximum atomic E-state index is 11.7. The van der Waals surface area contributed by atoms with Gasteiger partial charge in [0.2, 0.25) is 0 Å². The van der Waals surface area contributed by atoms with E-state index in [-0.39, 0.29) is 5.91 Å². The summed E-state index contributed by atoms with van der Waals surface area (Å²) in [4.78, 5) is 11.7. The quantitative estimate of drug-likeness (QED) is 0.627. The van der Waals surface area contributed by atoms with Crippen molar-refractivity contribution in [2.45, 2.75) is 6.42 Å². The van der Waals surface area contributed by atoms with Crippen LogP contribution in [0.25, 0.3) is 0 Å². The molecule has 0 radical (unpaired) electrons. The number of ether oxygens (including phenoxy) is 2. The third-order valence-electron chi connectivity index (χ3n) is 2.24. The molecule has 4 nitrogen and oxygen atoms in total. The summed E-state index contributed by atoms with van der Waals surface area (Å²) in [7, 11) is 3.09. The van der Waals surface area contributed by atoms with Crippen LogP contribution < -0.4 is 14.8 Å². The van der Waals surface area contributed by atoms with E-state index in [9.17, 15) is 4.79 Å². The van der Waals surface area contributed by atoms with Crippen molar-refractivity contribution < 1.29 is 14.3 Å². The van der Waals surface area contributed by atoms with Gasteiger partial charge < -0.3 is 14.8 Å². The maximum Gasteiger partial charge on any atom is 0.251 e. The molecule has 0 saturated heterocycles. The first-order valence-corrected chi connectivity index (χ1v) is 5.82. The van der Waals surface area contributed by atoms with Gasteiger partial charge in [0.05, 0.1) is 14.2 Å². The van der Waals surface area contributed by atoms with Crippen molar-refractivity contribution in [3.05, 3.63) is 23.8 Å². The fourth-order valence-corrected chi connectivity index (χ4v) is 1.48. The second-order valence-corrected chi connectivity index (χ2v) is 3.75. The van der Waals surface area contributed by atoms with Crippen molar-refractivity contribution in [3.63, 3.8) is 0 Å². The smallest absolute Gasteiger partial charge is 0.251 e. The molecule has 1 N–H and O–H groups in total. The van der Waals surface area contributed by atoms with Gasteiger partial charge in [-0.15, -0.1) is 11.6 Å². The van der Waals surface area contributed by atoms with Gasteiger partial charge >= 0.3 is 0 Å². The summed E-state index contributed by atoms with van der Waals surface area (Å²) in [6.45, 7) is 0.566. The van der Waals surface area contributed by atoms with E-state index in [0.29, 0.717) is 29.5 Å². The van der Waals surface area contributed by atoms with E-state index in [0.717, 1.165) is 6.42 Å². The van der Waals surface area contributed by atoms with Gasteiger partial charge in [0.15, 0.2) is 11.5 Å². The Kier molecular flexibility index (Phi) is 5.63. The lowest BCUT2D eigenvalue weighted by molar-refractivity contribution is 0.0953. The van der Waals surface area contributed by atoms with Crippen LogP contribution in [0.15, 0.2) is 18.2 Å². The van der Waals surface area contributed by atoms with E-state index in [1.807, 2.05) is 0 Å². The molecule has 0 fully saturated rings. The highest BCUT2D eigenvalue weighted by molar-refractivity contribution is 6.17. The van der Waals surface area contributed by atoms with Crippen LogP contribution in [0.4, 0.5) is 0 Å². The molecule has 0 aromatic heterocycles. The minimum atomic E-state index is -0.143. The minimum absolute atomic E-state index is 0.143. The maximum absolute atomic E-state index is 11.7. The first-order valence-electron chi connectivity index (χ1n) is 5.29. The van der Waals surface area contributed by atoms with E-state index in [1.165, 1.54) is 7.11 Å². The van der Waals surface area contributed by atoms with Crippen LogP contribution in [0, 0.1) is 0 Å². The van der Waals surface area contributed by atoms with Gasteiger partial charge in [-0.2, -0.15) is 0 Å². The number of amides is 1. The molecule has 0 spiro atoms. The summed E-state index contributed by atoms with van der Waals surface area (Å²) in [6, 6.07) is 5.04. The van der Waals surface area contributed by atoms with Gasteiger partial charge in [-0.3, -0.25) is 4.79 Å². The Morgan fingerprint density at radius 1 is 1.29 bits per heavy atom. The lowest BCUT2D eigenvalue weighted by atomic mass is 10.2. The fraction of sp³-hybridized carbons (Fsp3) is 0.417. The third-order valence-corrected chi connectivity index (χ3v) is 2.51. The van der Waals surface area contributed by atoms with Crippen LogP contribution in [0.3, 0.4) is 0 Å². The molecule has 1 aromatic rings. The number of hydrogen-bond acceptors (Lipinski definition) is 3. The number of carbonyl (C=O) groups is 1. The van der Waals surface area contributed by atoms with Crippen LogP contribution in [-0.4, -0.2) is 32.6 Å². The van der Waals surface area contributed by atoms with E-state index in [1.54, 1.807) is 25.3 Å². The van der Waals surface area contributed by atoms with Crippen LogP contribution in [0.5, 0.6) is 11.5 Å². The molecule has 1 amide bonds. The lowest BCUT2D eigenvalue weighted by Gasteiger charge is -2.09. The number of nitrogens with one attached hydrogen (secondary N) is 1. The molecule has 94 valence electrons. The zero-order chi connectivity index (χ0) is 12.7. The normalized spacial score (nSPS) is 9.82. The molecule has 0 aliphatic carbocycles. The van der Waals surface area contributed by atoms with Crippen LogP contribution in [0.2, 0.25) is 0 Å². The van der Waals surface area contributed by atoms with Gasteiger partial charge in [0.25, 0.3) is 5.91 Å². The second-order valence-electron chi connectivity index (χ2n) is 3.37. The summed E-state index contributed by atoms with van der Waals surface area (Å²) in [5, 5.41) is 2.77. The molecule has 5 heteroatoms. The van der Waals surface area contributed by atoms with Gasteiger partial charge in [-0.25, -0.2) is 0 Å². The molecular formula is C12H16ClNO3. The summed E-state index contributed by atoms with van der Waals surface area (Å²) in [6.07, 6.45) is 0.751. The van der Waals surface area contributed by atoms with Crippen LogP contribution in [-0.2, 0) is 0 Å². The van der Waals surface area contributed by atoms with Crippen molar-refractivity contribution in [2.75, 3.05) is 26.6 Å². The van der Waals surface area contributed by atoms with E-state index in [4.69, 9.17) is 21.1 Å². The Hall–Kier alpha value is -1.42. The number of halogens is 1. The molecular weight excluding hydrogens is 242 g/mol. The molecule has 0 atom stereocenters. The van der Waals surface area contributed by atoms with Gasteiger partial charge in [-0.1, -0.05) is 0 Å². The number of rotatable bonds is 6. The highest BCUT2D eigenvalue weighted by atomic mass is 35.5. The third kappa shape index (κ3) is 3.82. The summed E-state index contributed by atoms with van der Waals surface area (Å²) in [5.41, 5.74) is 0.539. The molecule has 0 heterocycles. The Bertz CT molecular complexity index is 382. The molecule has 0 unspecified atom stereocenters. The van der Waals surface area contributed by atoms with E-state index in [2.05, 4.69) is 5.32 Å². The first kappa shape index (κ1) is 13.6. The van der Waals surface area contributed by atoms with Crippen molar-refractivity contribution in [3.8, 4) is 11.5 Å². The number of alkyl halides is 1. The molecule has 0 saturated carbocycles. The molecule has 17 heavy (non-hydrogen) atoms. The summed E-state index contributed by atoms with van der Waals surface area (Å²) in [5.74, 6) is 1.53. The molecule has 1 aromatic carbocycles. The Balaban J connectivity index is 2.74. The second kappa shape index (κ2) is 7.01. The SMILES string of the molecule is COc1ccc(C(=O)NCCCCl)cc1OC. The van der Waals surface area contributed by atoms with Gasteiger partial charge in [-0.05, 0) is 24.6 Å². The number of methoxy groups -OCH3 is 2. The zero-order valence-electron chi connectivity index (χ0n) is 9.96. The fourth-order valence-electron chi connectivity index (χ4n) is 1.35. The highest BCUT2D eigenvalue weighted by Gasteiger charge is 2.09. The van der Waals surface area contributed by atoms with Crippen molar-refractivity contribution in [1.82, 2.24) is 5.32 Å². The van der Waals surface area contributed by atoms with Crippen molar-refractivity contribution >= 4 is 17.5 Å². The monoisotopic (exact) mass is 257 g/mol. The predicted octanol–water partition coefficient (Wildman–Crippen LogP) is 2.06. The first-order chi connectivity index (χ1) is 8.22.